The van der Waals surface area contributed by atoms with Crippen LogP contribution in [0.25, 0.3) is 10.9 Å². The van der Waals surface area contributed by atoms with Gasteiger partial charge in [-0.2, -0.15) is 13.2 Å². The molecule has 0 amide bonds. The van der Waals surface area contributed by atoms with Crippen LogP contribution >= 0.6 is 15.9 Å². The highest BCUT2D eigenvalue weighted by Gasteiger charge is 2.41. The molecule has 1 aromatic heterocycles. The van der Waals surface area contributed by atoms with Gasteiger partial charge in [0.25, 0.3) is 0 Å². The fourth-order valence-electron chi connectivity index (χ4n) is 2.39. The average molecular weight is 381 g/mol. The zero-order valence-electron chi connectivity index (χ0n) is 11.8. The van der Waals surface area contributed by atoms with Gasteiger partial charge in [-0.3, -0.25) is 4.98 Å². The smallest absolute Gasteiger partial charge is 0.369 e. The van der Waals surface area contributed by atoms with Crippen molar-refractivity contribution in [3.8, 4) is 0 Å². The summed E-state index contributed by atoms with van der Waals surface area (Å²) in [5, 5.41) is 3.38. The minimum absolute atomic E-state index is 0.147. The minimum atomic E-state index is -4.43. The van der Waals surface area contributed by atoms with E-state index in [0.29, 0.717) is 11.2 Å². The predicted octanol–water partition coefficient (Wildman–Crippen LogP) is 5.71. The van der Waals surface area contributed by atoms with E-state index in [9.17, 15) is 13.2 Å². The quantitative estimate of drug-likeness (QED) is 0.629. The largest absolute Gasteiger partial charge is 0.412 e. The number of nitrogens with zero attached hydrogens (tertiary/aromatic N) is 1. The first kappa shape index (κ1) is 15.8. The van der Waals surface area contributed by atoms with Crippen LogP contribution in [0.4, 0.5) is 18.9 Å². The molecule has 2 aromatic carbocycles. The van der Waals surface area contributed by atoms with Crippen molar-refractivity contribution in [2.24, 2.45) is 0 Å². The maximum Gasteiger partial charge on any atom is 0.412 e. The fraction of sp³-hybridized carbons (Fsp3) is 0.118. The van der Waals surface area contributed by atoms with E-state index in [1.54, 1.807) is 36.5 Å². The minimum Gasteiger partial charge on any atom is -0.369 e. The molecule has 3 rings (SSSR count). The van der Waals surface area contributed by atoms with E-state index in [4.69, 9.17) is 0 Å². The Kier molecular flexibility index (Phi) is 4.26. The second-order valence-electron chi connectivity index (χ2n) is 5.05. The maximum absolute atomic E-state index is 13.5. The molecule has 0 bridgehead atoms. The number of nitrogens with one attached hydrogen (secondary N) is 1. The summed E-state index contributed by atoms with van der Waals surface area (Å²) in [4.78, 5) is 4.19. The number of anilines is 1. The molecule has 0 saturated carbocycles. The second kappa shape index (κ2) is 6.20. The maximum atomic E-state index is 13.5. The number of hydrogen-bond donors (Lipinski definition) is 1. The lowest BCUT2D eigenvalue weighted by Crippen LogP contribution is -2.28. The van der Waals surface area contributed by atoms with Crippen LogP contribution in [0.15, 0.2) is 65.3 Å². The standard InChI is InChI=1S/C17H12BrF3N2/c18-13-8-6-12(7-9-13)16(17(19,20)21)23-14-5-1-3-11-4-2-10-22-15(11)14/h1-10,16,23H. The normalized spacial score (nSPS) is 13.0. The molecule has 0 aliphatic carbocycles. The molecule has 0 aliphatic rings. The first-order valence-electron chi connectivity index (χ1n) is 6.87. The van der Waals surface area contributed by atoms with Crippen molar-refractivity contribution in [3.63, 3.8) is 0 Å². The zero-order valence-corrected chi connectivity index (χ0v) is 13.4. The molecule has 23 heavy (non-hydrogen) atoms. The average Bonchev–Trinajstić information content (AvgIpc) is 2.53. The molecule has 1 atom stereocenters. The van der Waals surface area contributed by atoms with E-state index >= 15 is 0 Å². The highest BCUT2D eigenvalue weighted by Crippen LogP contribution is 2.37. The van der Waals surface area contributed by atoms with Gasteiger partial charge in [-0.15, -0.1) is 0 Å². The first-order chi connectivity index (χ1) is 10.9. The van der Waals surface area contributed by atoms with E-state index in [-0.39, 0.29) is 5.56 Å². The van der Waals surface area contributed by atoms with Crippen LogP contribution in [0.5, 0.6) is 0 Å². The zero-order chi connectivity index (χ0) is 16.4. The van der Waals surface area contributed by atoms with Gasteiger partial charge >= 0.3 is 6.18 Å². The predicted molar refractivity (Wildman–Crippen MR) is 88.3 cm³/mol. The molecule has 0 fully saturated rings. The third-order valence-corrected chi connectivity index (χ3v) is 3.99. The summed E-state index contributed by atoms with van der Waals surface area (Å²) in [6.07, 6.45) is -2.86. The van der Waals surface area contributed by atoms with Crippen molar-refractivity contribution in [1.82, 2.24) is 4.98 Å². The number of benzene rings is 2. The molecule has 2 nitrogen and oxygen atoms in total. The van der Waals surface area contributed by atoms with Crippen LogP contribution in [0.3, 0.4) is 0 Å². The van der Waals surface area contributed by atoms with E-state index in [1.165, 1.54) is 12.1 Å². The molecule has 1 N–H and O–H groups in total. The lowest BCUT2D eigenvalue weighted by molar-refractivity contribution is -0.143. The molecule has 118 valence electrons. The van der Waals surface area contributed by atoms with Gasteiger partial charge in [-0.25, -0.2) is 0 Å². The summed E-state index contributed by atoms with van der Waals surface area (Å²) in [5.41, 5.74) is 1.02. The Bertz CT molecular complexity index is 811. The van der Waals surface area contributed by atoms with Crippen molar-refractivity contribution in [2.45, 2.75) is 12.2 Å². The topological polar surface area (TPSA) is 24.9 Å². The van der Waals surface area contributed by atoms with Crippen molar-refractivity contribution in [2.75, 3.05) is 5.32 Å². The van der Waals surface area contributed by atoms with Crippen LogP contribution in [0.2, 0.25) is 0 Å². The second-order valence-corrected chi connectivity index (χ2v) is 5.97. The summed E-state index contributed by atoms with van der Waals surface area (Å²) in [6.45, 7) is 0. The van der Waals surface area contributed by atoms with Crippen molar-refractivity contribution in [3.05, 3.63) is 70.8 Å². The number of pyridine rings is 1. The molecular weight excluding hydrogens is 369 g/mol. The summed E-state index contributed by atoms with van der Waals surface area (Å²) in [6, 6.07) is 13.0. The van der Waals surface area contributed by atoms with Gasteiger partial charge in [0.05, 0.1) is 11.2 Å². The van der Waals surface area contributed by atoms with Crippen LogP contribution in [-0.2, 0) is 0 Å². The third-order valence-electron chi connectivity index (χ3n) is 3.46. The van der Waals surface area contributed by atoms with Gasteiger partial charge in [0.2, 0.25) is 0 Å². The molecule has 6 heteroatoms. The summed E-state index contributed by atoms with van der Waals surface area (Å²) >= 11 is 3.23. The number of alkyl halides is 3. The van der Waals surface area contributed by atoms with Crippen molar-refractivity contribution in [1.29, 1.82) is 0 Å². The van der Waals surface area contributed by atoms with Gasteiger partial charge in [-0.05, 0) is 29.8 Å². The van der Waals surface area contributed by atoms with Crippen LogP contribution in [-0.4, -0.2) is 11.2 Å². The van der Waals surface area contributed by atoms with Crippen LogP contribution in [0, 0.1) is 0 Å². The molecule has 0 radical (unpaired) electrons. The number of rotatable bonds is 3. The Hall–Kier alpha value is -2.08. The monoisotopic (exact) mass is 380 g/mol. The Morgan fingerprint density at radius 2 is 1.65 bits per heavy atom. The first-order valence-corrected chi connectivity index (χ1v) is 7.67. The SMILES string of the molecule is FC(F)(F)C(Nc1cccc2cccnc12)c1ccc(Br)cc1. The van der Waals surface area contributed by atoms with E-state index < -0.39 is 12.2 Å². The van der Waals surface area contributed by atoms with Gasteiger partial charge in [0, 0.05) is 16.1 Å². The number of fused-ring (bicyclic) bond motifs is 1. The van der Waals surface area contributed by atoms with Gasteiger partial charge in [-0.1, -0.05) is 46.3 Å². The number of halogens is 4. The molecule has 0 spiro atoms. The summed E-state index contributed by atoms with van der Waals surface area (Å²) < 4.78 is 41.2. The molecular formula is C17H12BrF3N2. The van der Waals surface area contributed by atoms with E-state index in [2.05, 4.69) is 26.2 Å². The van der Waals surface area contributed by atoms with Gasteiger partial charge < -0.3 is 5.32 Å². The summed E-state index contributed by atoms with van der Waals surface area (Å²) in [5.74, 6) is 0. The molecule has 0 saturated heterocycles. The Labute approximate surface area is 139 Å². The van der Waals surface area contributed by atoms with Crippen LogP contribution in [0.1, 0.15) is 11.6 Å². The number of aromatic nitrogens is 1. The lowest BCUT2D eigenvalue weighted by atomic mass is 10.1. The number of hydrogen-bond acceptors (Lipinski definition) is 2. The Morgan fingerprint density at radius 3 is 2.35 bits per heavy atom. The van der Waals surface area contributed by atoms with Gasteiger partial charge in [0.1, 0.15) is 6.04 Å². The van der Waals surface area contributed by atoms with Crippen molar-refractivity contribution < 1.29 is 13.2 Å². The third kappa shape index (κ3) is 3.47. The molecule has 0 aliphatic heterocycles. The molecule has 3 aromatic rings. The Morgan fingerprint density at radius 1 is 0.957 bits per heavy atom. The van der Waals surface area contributed by atoms with E-state index in [0.717, 1.165) is 9.86 Å². The Balaban J connectivity index is 2.03. The van der Waals surface area contributed by atoms with Crippen molar-refractivity contribution >= 4 is 32.5 Å². The van der Waals surface area contributed by atoms with Gasteiger partial charge in [0.15, 0.2) is 0 Å². The molecule has 1 unspecified atom stereocenters. The highest BCUT2D eigenvalue weighted by atomic mass is 79.9. The summed E-state index contributed by atoms with van der Waals surface area (Å²) in [7, 11) is 0. The van der Waals surface area contributed by atoms with E-state index in [1.807, 2.05) is 12.1 Å². The number of para-hydroxylation sites is 1. The lowest BCUT2D eigenvalue weighted by Gasteiger charge is -2.23. The van der Waals surface area contributed by atoms with Crippen LogP contribution < -0.4 is 5.32 Å². The fourth-order valence-corrected chi connectivity index (χ4v) is 2.65. The highest BCUT2D eigenvalue weighted by molar-refractivity contribution is 9.10. The molecule has 1 heterocycles.